The maximum Gasteiger partial charge on any atom is 0.407 e. The second-order valence-electron chi connectivity index (χ2n) is 2.66. The van der Waals surface area contributed by atoms with Crippen molar-refractivity contribution in [2.45, 2.75) is 13.0 Å². The van der Waals surface area contributed by atoms with E-state index < -0.39 is 22.2 Å². The van der Waals surface area contributed by atoms with Crippen molar-refractivity contribution in [3.05, 3.63) is 0 Å². The molecule has 0 radical (unpaired) electrons. The van der Waals surface area contributed by atoms with Crippen LogP contribution in [0.25, 0.3) is 0 Å². The fourth-order valence-corrected chi connectivity index (χ4v) is 1.51. The van der Waals surface area contributed by atoms with Gasteiger partial charge in [0.05, 0.1) is 12.3 Å². The molecule has 0 aromatic carbocycles. The summed E-state index contributed by atoms with van der Waals surface area (Å²) >= 11 is 0. The van der Waals surface area contributed by atoms with Crippen molar-refractivity contribution in [1.29, 1.82) is 0 Å². The van der Waals surface area contributed by atoms with Crippen LogP contribution < -0.4 is 10.0 Å². The number of cyclic esters (lactones) is 1. The van der Waals surface area contributed by atoms with Gasteiger partial charge in [-0.05, 0) is 6.92 Å². The van der Waals surface area contributed by atoms with E-state index in [0.29, 0.717) is 6.54 Å². The highest BCUT2D eigenvalue weighted by Crippen LogP contribution is 1.98. The lowest BCUT2D eigenvalue weighted by Gasteiger charge is -2.08. The molecule has 1 fully saturated rings. The lowest BCUT2D eigenvalue weighted by molar-refractivity contribution is 0.142. The maximum atomic E-state index is 11.0. The second kappa shape index (κ2) is 3.93. The number of amides is 1. The third kappa shape index (κ3) is 3.19. The van der Waals surface area contributed by atoms with E-state index in [1.807, 2.05) is 0 Å². The monoisotopic (exact) mass is 208 g/mol. The van der Waals surface area contributed by atoms with Gasteiger partial charge in [0.2, 0.25) is 10.0 Å². The second-order valence-corrected chi connectivity index (χ2v) is 4.76. The third-order valence-electron chi connectivity index (χ3n) is 1.66. The molecule has 1 aliphatic heterocycles. The van der Waals surface area contributed by atoms with Crippen LogP contribution in [0.5, 0.6) is 0 Å². The Kier molecular flexibility index (Phi) is 3.10. The van der Waals surface area contributed by atoms with Crippen LogP contribution >= 0.6 is 0 Å². The quantitative estimate of drug-likeness (QED) is 0.623. The molecule has 13 heavy (non-hydrogen) atoms. The molecule has 1 atom stereocenters. The highest BCUT2D eigenvalue weighted by molar-refractivity contribution is 7.89. The van der Waals surface area contributed by atoms with Gasteiger partial charge in [-0.2, -0.15) is 0 Å². The molecule has 1 amide bonds. The van der Waals surface area contributed by atoms with E-state index >= 15 is 0 Å². The van der Waals surface area contributed by atoms with Gasteiger partial charge in [0, 0.05) is 6.54 Å². The first-order chi connectivity index (χ1) is 6.03. The molecular formula is C6H12N2O4S. The molecule has 1 heterocycles. The molecule has 0 spiro atoms. The molecule has 0 unspecified atom stereocenters. The molecule has 0 saturated carbocycles. The van der Waals surface area contributed by atoms with Crippen LogP contribution in [0.4, 0.5) is 4.79 Å². The SMILES string of the molecule is CCS(=O)(=O)NC[C@H]1CNC(=O)O1. The van der Waals surface area contributed by atoms with Crippen LogP contribution in [-0.2, 0) is 14.8 Å². The number of sulfonamides is 1. The van der Waals surface area contributed by atoms with Crippen LogP contribution in [-0.4, -0.2) is 39.5 Å². The average Bonchev–Trinajstić information content (AvgIpc) is 2.48. The van der Waals surface area contributed by atoms with E-state index in [0.717, 1.165) is 0 Å². The van der Waals surface area contributed by atoms with Gasteiger partial charge >= 0.3 is 6.09 Å². The van der Waals surface area contributed by atoms with E-state index in [-0.39, 0.29) is 12.3 Å². The fourth-order valence-electron chi connectivity index (χ4n) is 0.868. The minimum absolute atomic E-state index is 0.0289. The molecule has 1 rings (SSSR count). The number of carbonyl (C=O) groups excluding carboxylic acids is 1. The number of rotatable bonds is 4. The van der Waals surface area contributed by atoms with E-state index in [2.05, 4.69) is 10.0 Å². The van der Waals surface area contributed by atoms with Crippen LogP contribution in [0, 0.1) is 0 Å². The summed E-state index contributed by atoms with van der Waals surface area (Å²) in [7, 11) is -3.19. The van der Waals surface area contributed by atoms with Crippen molar-refractivity contribution in [2.24, 2.45) is 0 Å². The summed E-state index contributed by atoms with van der Waals surface area (Å²) < 4.78 is 29.0. The standard InChI is InChI=1S/C6H12N2O4S/c1-2-13(10,11)8-4-5-3-7-6(9)12-5/h5,8H,2-4H2,1H3,(H,7,9)/t5-/m1/s1. The Hall–Kier alpha value is -0.820. The Bertz CT molecular complexity index is 287. The summed E-state index contributed by atoms with van der Waals surface area (Å²) in [6.07, 6.45) is -0.894. The van der Waals surface area contributed by atoms with Crippen molar-refractivity contribution in [2.75, 3.05) is 18.8 Å². The van der Waals surface area contributed by atoms with E-state index in [9.17, 15) is 13.2 Å². The predicted molar refractivity (Wildman–Crippen MR) is 45.7 cm³/mol. The summed E-state index contributed by atoms with van der Waals surface area (Å²) in [5.41, 5.74) is 0. The van der Waals surface area contributed by atoms with Crippen LogP contribution in [0.3, 0.4) is 0 Å². The molecule has 1 saturated heterocycles. The summed E-state index contributed by atoms with van der Waals surface area (Å²) in [6, 6.07) is 0. The topological polar surface area (TPSA) is 84.5 Å². The minimum Gasteiger partial charge on any atom is -0.443 e. The highest BCUT2D eigenvalue weighted by Gasteiger charge is 2.23. The van der Waals surface area contributed by atoms with Crippen molar-refractivity contribution in [3.63, 3.8) is 0 Å². The van der Waals surface area contributed by atoms with Gasteiger partial charge in [-0.3, -0.25) is 0 Å². The molecule has 0 bridgehead atoms. The van der Waals surface area contributed by atoms with Gasteiger partial charge in [-0.15, -0.1) is 0 Å². The summed E-state index contributed by atoms with van der Waals surface area (Å²) in [6.45, 7) is 2.03. The molecule has 2 N–H and O–H groups in total. The molecule has 6 nitrogen and oxygen atoms in total. The number of carbonyl (C=O) groups is 1. The summed E-state index contributed by atoms with van der Waals surface area (Å²) in [4.78, 5) is 10.5. The highest BCUT2D eigenvalue weighted by atomic mass is 32.2. The Morgan fingerprint density at radius 2 is 2.38 bits per heavy atom. The first kappa shape index (κ1) is 10.3. The number of nitrogens with one attached hydrogen (secondary N) is 2. The van der Waals surface area contributed by atoms with Gasteiger partial charge < -0.3 is 10.1 Å². The number of hydrogen-bond donors (Lipinski definition) is 2. The van der Waals surface area contributed by atoms with Gasteiger partial charge in [0.15, 0.2) is 0 Å². The molecule has 76 valence electrons. The molecule has 0 aromatic heterocycles. The first-order valence-corrected chi connectivity index (χ1v) is 5.60. The lowest BCUT2D eigenvalue weighted by atomic mass is 10.4. The van der Waals surface area contributed by atoms with Gasteiger partial charge in [-0.1, -0.05) is 0 Å². The van der Waals surface area contributed by atoms with Crippen molar-refractivity contribution < 1.29 is 17.9 Å². The van der Waals surface area contributed by atoms with Gasteiger partial charge in [-0.25, -0.2) is 17.9 Å². The van der Waals surface area contributed by atoms with E-state index in [4.69, 9.17) is 4.74 Å². The van der Waals surface area contributed by atoms with E-state index in [1.165, 1.54) is 0 Å². The Morgan fingerprint density at radius 3 is 2.85 bits per heavy atom. The minimum atomic E-state index is -3.19. The van der Waals surface area contributed by atoms with Crippen molar-refractivity contribution in [3.8, 4) is 0 Å². The number of alkyl carbamates (subject to hydrolysis) is 1. The predicted octanol–water partition coefficient (Wildman–Crippen LogP) is -0.966. The van der Waals surface area contributed by atoms with Crippen molar-refractivity contribution >= 4 is 16.1 Å². The first-order valence-electron chi connectivity index (χ1n) is 3.95. The zero-order chi connectivity index (χ0) is 9.90. The Balaban J connectivity index is 2.31. The van der Waals surface area contributed by atoms with Crippen LogP contribution in [0.15, 0.2) is 0 Å². The molecule has 7 heteroatoms. The zero-order valence-corrected chi connectivity index (χ0v) is 8.06. The summed E-state index contributed by atoms with van der Waals surface area (Å²) in [5, 5.41) is 2.43. The van der Waals surface area contributed by atoms with Gasteiger partial charge in [0.25, 0.3) is 0 Å². The van der Waals surface area contributed by atoms with E-state index in [1.54, 1.807) is 6.92 Å². The normalized spacial score (nSPS) is 22.5. The number of ether oxygens (including phenoxy) is 1. The third-order valence-corrected chi connectivity index (χ3v) is 3.03. The smallest absolute Gasteiger partial charge is 0.407 e. The number of hydrogen-bond acceptors (Lipinski definition) is 4. The Labute approximate surface area is 76.7 Å². The van der Waals surface area contributed by atoms with Crippen LogP contribution in [0.1, 0.15) is 6.92 Å². The molecule has 0 aliphatic carbocycles. The van der Waals surface area contributed by atoms with Crippen LogP contribution in [0.2, 0.25) is 0 Å². The molecule has 0 aromatic rings. The fraction of sp³-hybridized carbons (Fsp3) is 0.833. The zero-order valence-electron chi connectivity index (χ0n) is 7.24. The van der Waals surface area contributed by atoms with Gasteiger partial charge in [0.1, 0.15) is 6.10 Å². The lowest BCUT2D eigenvalue weighted by Crippen LogP contribution is -2.34. The summed E-state index contributed by atoms with van der Waals surface area (Å²) in [5.74, 6) is 0.0289. The Morgan fingerprint density at radius 1 is 1.69 bits per heavy atom. The maximum absolute atomic E-state index is 11.0. The average molecular weight is 208 g/mol. The molecular weight excluding hydrogens is 196 g/mol. The largest absolute Gasteiger partial charge is 0.443 e. The molecule has 1 aliphatic rings. The van der Waals surface area contributed by atoms with Crippen molar-refractivity contribution in [1.82, 2.24) is 10.0 Å².